The Morgan fingerprint density at radius 3 is 2.28 bits per heavy atom. The van der Waals surface area contributed by atoms with E-state index >= 15 is 0 Å². The number of aromatic carboxylic acids is 1. The first kappa shape index (κ1) is 30.8. The standard InChI is InChI=1S/C19H24ClN3O5S.C2HF3O2/c1-4-6-9-23(5-2)18-15(19(24)25)11-14(12-21-18)22-29(26,27)17-10-13(20)7-8-16(17)28-3;3-2(4,5)1(6)7/h7-8,10-12,22H,4-6,9H2,1-3H3,(H,24,25);(H,6,7). The molecule has 0 saturated carbocycles. The van der Waals surface area contributed by atoms with Crippen molar-refractivity contribution in [3.63, 3.8) is 0 Å². The average Bonchev–Trinajstić information content (AvgIpc) is 2.79. The number of hydrogen-bond acceptors (Lipinski definition) is 7. The molecule has 15 heteroatoms. The Morgan fingerprint density at radius 1 is 1.19 bits per heavy atom. The highest BCUT2D eigenvalue weighted by atomic mass is 35.5. The topological polar surface area (TPSA) is 146 Å². The largest absolute Gasteiger partial charge is 0.495 e. The number of hydrogen-bond donors (Lipinski definition) is 3. The second-order valence-electron chi connectivity index (χ2n) is 7.04. The first-order valence-electron chi connectivity index (χ1n) is 10.3. The van der Waals surface area contributed by atoms with Crippen LogP contribution < -0.4 is 14.4 Å². The van der Waals surface area contributed by atoms with Crippen molar-refractivity contribution in [1.82, 2.24) is 4.98 Å². The van der Waals surface area contributed by atoms with Crippen LogP contribution in [0.15, 0.2) is 35.4 Å². The minimum atomic E-state index is -5.08. The maximum absolute atomic E-state index is 12.8. The van der Waals surface area contributed by atoms with Gasteiger partial charge in [0.2, 0.25) is 0 Å². The van der Waals surface area contributed by atoms with Crippen molar-refractivity contribution < 1.29 is 46.1 Å². The lowest BCUT2D eigenvalue weighted by Gasteiger charge is -2.23. The summed E-state index contributed by atoms with van der Waals surface area (Å²) in [6.07, 6.45) is -1.94. The fraction of sp³-hybridized carbons (Fsp3) is 0.381. The van der Waals surface area contributed by atoms with Gasteiger partial charge in [-0.05, 0) is 37.6 Å². The van der Waals surface area contributed by atoms with Crippen LogP contribution in [0.3, 0.4) is 0 Å². The molecule has 0 unspecified atom stereocenters. The molecule has 0 saturated heterocycles. The minimum Gasteiger partial charge on any atom is -0.495 e. The second kappa shape index (κ2) is 13.2. The monoisotopic (exact) mass is 555 g/mol. The molecule has 2 rings (SSSR count). The van der Waals surface area contributed by atoms with E-state index in [2.05, 4.69) is 9.71 Å². The number of rotatable bonds is 10. The molecule has 0 spiro atoms. The zero-order valence-corrected chi connectivity index (χ0v) is 21.0. The number of carbonyl (C=O) groups is 2. The van der Waals surface area contributed by atoms with E-state index in [-0.39, 0.29) is 26.9 Å². The number of carboxylic acid groups (broad SMARTS) is 2. The van der Waals surface area contributed by atoms with Gasteiger partial charge in [-0.25, -0.2) is 23.0 Å². The smallest absolute Gasteiger partial charge is 0.490 e. The third kappa shape index (κ3) is 8.75. The first-order valence-corrected chi connectivity index (χ1v) is 12.2. The summed E-state index contributed by atoms with van der Waals surface area (Å²) in [5, 5.41) is 17.0. The fourth-order valence-corrected chi connectivity index (χ4v) is 4.22. The van der Waals surface area contributed by atoms with Gasteiger partial charge in [0.05, 0.1) is 19.0 Å². The van der Waals surface area contributed by atoms with Crippen LogP contribution in [0, 0.1) is 0 Å². The Bertz CT molecular complexity index is 1180. The molecule has 0 aliphatic carbocycles. The van der Waals surface area contributed by atoms with Crippen LogP contribution in [-0.2, 0) is 14.8 Å². The molecule has 0 bridgehead atoms. The molecule has 0 aliphatic rings. The SMILES string of the molecule is CCCCN(CC)c1ncc(NS(=O)(=O)c2cc(Cl)ccc2OC)cc1C(=O)O.O=C(O)C(F)(F)F. The van der Waals surface area contributed by atoms with Gasteiger partial charge in [0.15, 0.2) is 0 Å². The summed E-state index contributed by atoms with van der Waals surface area (Å²) in [4.78, 5) is 26.6. The number of anilines is 2. The number of unbranched alkanes of at least 4 members (excludes halogenated alkanes) is 1. The van der Waals surface area contributed by atoms with E-state index in [0.29, 0.717) is 18.9 Å². The van der Waals surface area contributed by atoms with Gasteiger partial charge < -0.3 is 19.8 Å². The Labute approximate surface area is 210 Å². The highest BCUT2D eigenvalue weighted by molar-refractivity contribution is 7.92. The number of benzene rings is 1. The molecule has 3 N–H and O–H groups in total. The molecule has 2 aromatic rings. The number of halogens is 4. The van der Waals surface area contributed by atoms with Crippen LogP contribution in [0.25, 0.3) is 0 Å². The van der Waals surface area contributed by atoms with Crippen LogP contribution in [0.1, 0.15) is 37.0 Å². The third-order valence-corrected chi connectivity index (χ3v) is 6.11. The fourth-order valence-electron chi connectivity index (χ4n) is 2.76. The van der Waals surface area contributed by atoms with Crippen LogP contribution in [0.4, 0.5) is 24.7 Å². The lowest BCUT2D eigenvalue weighted by Crippen LogP contribution is -2.27. The number of aliphatic carboxylic acids is 1. The Morgan fingerprint density at radius 2 is 1.81 bits per heavy atom. The summed E-state index contributed by atoms with van der Waals surface area (Å²) in [6, 6.07) is 5.46. The molecule has 1 aromatic carbocycles. The molecule has 0 fully saturated rings. The maximum atomic E-state index is 12.8. The van der Waals surface area contributed by atoms with Crippen molar-refractivity contribution in [2.24, 2.45) is 0 Å². The van der Waals surface area contributed by atoms with E-state index in [1.54, 1.807) is 0 Å². The van der Waals surface area contributed by atoms with Crippen molar-refractivity contribution in [1.29, 1.82) is 0 Å². The average molecular weight is 556 g/mol. The molecule has 0 radical (unpaired) electrons. The van der Waals surface area contributed by atoms with E-state index in [9.17, 15) is 31.5 Å². The van der Waals surface area contributed by atoms with Gasteiger partial charge in [0.1, 0.15) is 22.0 Å². The van der Waals surface area contributed by atoms with Crippen molar-refractivity contribution in [3.05, 3.63) is 41.0 Å². The molecule has 10 nitrogen and oxygen atoms in total. The van der Waals surface area contributed by atoms with E-state index < -0.39 is 28.1 Å². The number of nitrogens with one attached hydrogen (secondary N) is 1. The molecular formula is C21H25ClF3N3O7S. The third-order valence-electron chi connectivity index (χ3n) is 4.47. The minimum absolute atomic E-state index is 0.0275. The van der Waals surface area contributed by atoms with E-state index in [4.69, 9.17) is 26.2 Å². The van der Waals surface area contributed by atoms with Gasteiger partial charge in [-0.2, -0.15) is 13.2 Å². The second-order valence-corrected chi connectivity index (χ2v) is 9.12. The summed E-state index contributed by atoms with van der Waals surface area (Å²) in [5.74, 6) is -3.53. The highest BCUT2D eigenvalue weighted by Crippen LogP contribution is 2.30. The molecule has 0 atom stereocenters. The van der Waals surface area contributed by atoms with Gasteiger partial charge in [-0.1, -0.05) is 24.9 Å². The van der Waals surface area contributed by atoms with Gasteiger partial charge in [0, 0.05) is 18.1 Å². The highest BCUT2D eigenvalue weighted by Gasteiger charge is 2.38. The Hall–Kier alpha value is -3.26. The van der Waals surface area contributed by atoms with Crippen LogP contribution in [0.5, 0.6) is 5.75 Å². The number of sulfonamides is 1. The van der Waals surface area contributed by atoms with Gasteiger partial charge >= 0.3 is 18.1 Å². The van der Waals surface area contributed by atoms with Gasteiger partial charge in [-0.3, -0.25) is 4.72 Å². The van der Waals surface area contributed by atoms with E-state index in [1.165, 1.54) is 37.6 Å². The summed E-state index contributed by atoms with van der Waals surface area (Å²) >= 11 is 5.92. The van der Waals surface area contributed by atoms with Crippen molar-refractivity contribution in [3.8, 4) is 5.75 Å². The molecule has 1 heterocycles. The zero-order chi connectivity index (χ0) is 27.7. The van der Waals surface area contributed by atoms with Gasteiger partial charge in [-0.15, -0.1) is 0 Å². The van der Waals surface area contributed by atoms with Crippen LogP contribution in [-0.4, -0.2) is 61.9 Å². The number of methoxy groups -OCH3 is 1. The summed E-state index contributed by atoms with van der Waals surface area (Å²) in [7, 11) is -2.74. The normalized spacial score (nSPS) is 11.2. The van der Waals surface area contributed by atoms with E-state index in [0.717, 1.165) is 12.8 Å². The lowest BCUT2D eigenvalue weighted by molar-refractivity contribution is -0.192. The number of carboxylic acids is 2. The number of pyridine rings is 1. The van der Waals surface area contributed by atoms with Crippen molar-refractivity contribution in [2.75, 3.05) is 29.8 Å². The van der Waals surface area contributed by atoms with Crippen molar-refractivity contribution in [2.45, 2.75) is 37.8 Å². The number of ether oxygens (including phenoxy) is 1. The maximum Gasteiger partial charge on any atom is 0.490 e. The van der Waals surface area contributed by atoms with Gasteiger partial charge in [0.25, 0.3) is 10.0 Å². The first-order chi connectivity index (χ1) is 16.7. The Balaban J connectivity index is 0.000000809. The van der Waals surface area contributed by atoms with E-state index in [1.807, 2.05) is 18.7 Å². The number of nitrogens with zero attached hydrogens (tertiary/aromatic N) is 2. The van der Waals surface area contributed by atoms with Crippen LogP contribution >= 0.6 is 11.6 Å². The van der Waals surface area contributed by atoms with Crippen LogP contribution in [0.2, 0.25) is 5.02 Å². The quantitative estimate of drug-likeness (QED) is 0.385. The number of aromatic nitrogens is 1. The molecule has 0 aliphatic heterocycles. The molecule has 0 amide bonds. The van der Waals surface area contributed by atoms with Crippen molar-refractivity contribution >= 4 is 45.1 Å². The summed E-state index contributed by atoms with van der Waals surface area (Å²) in [5.41, 5.74) is -0.0547. The molecule has 200 valence electrons. The predicted molar refractivity (Wildman–Crippen MR) is 126 cm³/mol. The molecular weight excluding hydrogens is 531 g/mol. The lowest BCUT2D eigenvalue weighted by atomic mass is 10.2. The molecule has 1 aromatic heterocycles. The summed E-state index contributed by atoms with van der Waals surface area (Å²) in [6.45, 7) is 5.19. The predicted octanol–water partition coefficient (Wildman–Crippen LogP) is 4.50. The Kier molecular flexibility index (Phi) is 11.2. The zero-order valence-electron chi connectivity index (χ0n) is 19.5. The summed E-state index contributed by atoms with van der Waals surface area (Å²) < 4.78 is 64.8. The number of alkyl halides is 3. The molecule has 36 heavy (non-hydrogen) atoms.